The standard InChI is InChI=1S/C12H18ClNO3/c1-9(2)17-6-4-3-5-14-8-10(13)7-11(14)12(15)16/h7-9H,3-6H2,1-2H3,(H,15,16). The summed E-state index contributed by atoms with van der Waals surface area (Å²) in [7, 11) is 0. The second-order valence-corrected chi connectivity index (χ2v) is 4.61. The molecule has 0 bridgehead atoms. The molecule has 1 aromatic heterocycles. The molecule has 1 N–H and O–H groups in total. The van der Waals surface area contributed by atoms with Crippen molar-refractivity contribution in [2.75, 3.05) is 6.61 Å². The molecule has 1 aromatic rings. The average molecular weight is 260 g/mol. The van der Waals surface area contributed by atoms with Crippen LogP contribution in [0.25, 0.3) is 0 Å². The number of carboxylic acids is 1. The molecule has 1 rings (SSSR count). The molecule has 0 aliphatic heterocycles. The fraction of sp³-hybridized carbons (Fsp3) is 0.583. The van der Waals surface area contributed by atoms with Gasteiger partial charge in [0.2, 0.25) is 0 Å². The number of hydrogen-bond acceptors (Lipinski definition) is 2. The van der Waals surface area contributed by atoms with E-state index in [1.807, 2.05) is 13.8 Å². The van der Waals surface area contributed by atoms with E-state index < -0.39 is 5.97 Å². The SMILES string of the molecule is CC(C)OCCCCn1cc(Cl)cc1C(=O)O. The average Bonchev–Trinajstić information content (AvgIpc) is 2.59. The first kappa shape index (κ1) is 14.1. The number of hydrogen-bond donors (Lipinski definition) is 1. The molecule has 0 aromatic carbocycles. The molecule has 0 fully saturated rings. The van der Waals surface area contributed by atoms with Crippen LogP contribution in [0.4, 0.5) is 0 Å². The quantitative estimate of drug-likeness (QED) is 0.766. The Hall–Kier alpha value is -1.00. The van der Waals surface area contributed by atoms with Crippen molar-refractivity contribution in [3.05, 3.63) is 23.0 Å². The summed E-state index contributed by atoms with van der Waals surface area (Å²) in [6.45, 7) is 5.34. The summed E-state index contributed by atoms with van der Waals surface area (Å²) in [4.78, 5) is 10.9. The van der Waals surface area contributed by atoms with Crippen molar-refractivity contribution in [2.45, 2.75) is 39.3 Å². The zero-order valence-corrected chi connectivity index (χ0v) is 10.9. The van der Waals surface area contributed by atoms with E-state index in [1.54, 1.807) is 10.8 Å². The van der Waals surface area contributed by atoms with Gasteiger partial charge in [0.05, 0.1) is 11.1 Å². The topological polar surface area (TPSA) is 51.5 Å². The van der Waals surface area contributed by atoms with Gasteiger partial charge in [0.15, 0.2) is 0 Å². The Labute approximate surface area is 106 Å². The largest absolute Gasteiger partial charge is 0.477 e. The van der Waals surface area contributed by atoms with Crippen LogP contribution in [0.1, 0.15) is 37.2 Å². The second kappa shape index (κ2) is 6.67. The highest BCUT2D eigenvalue weighted by molar-refractivity contribution is 6.30. The molecule has 0 unspecified atom stereocenters. The molecular formula is C12H18ClNO3. The predicted octanol–water partition coefficient (Wildman–Crippen LogP) is 3.04. The van der Waals surface area contributed by atoms with Crippen molar-refractivity contribution >= 4 is 17.6 Å². The minimum Gasteiger partial charge on any atom is -0.477 e. The van der Waals surface area contributed by atoms with Crippen molar-refractivity contribution in [3.8, 4) is 0 Å². The normalized spacial score (nSPS) is 11.1. The second-order valence-electron chi connectivity index (χ2n) is 4.17. The first-order chi connectivity index (χ1) is 8.00. The molecule has 96 valence electrons. The lowest BCUT2D eigenvalue weighted by atomic mass is 10.3. The molecule has 0 radical (unpaired) electrons. The Bertz CT molecular complexity index is 374. The first-order valence-electron chi connectivity index (χ1n) is 5.71. The van der Waals surface area contributed by atoms with Crippen LogP contribution in [0.3, 0.4) is 0 Å². The zero-order valence-electron chi connectivity index (χ0n) is 10.1. The molecule has 0 aliphatic rings. The van der Waals surface area contributed by atoms with E-state index in [4.69, 9.17) is 21.4 Å². The van der Waals surface area contributed by atoms with Crippen molar-refractivity contribution in [3.63, 3.8) is 0 Å². The molecule has 0 atom stereocenters. The number of carbonyl (C=O) groups is 1. The highest BCUT2D eigenvalue weighted by Crippen LogP contribution is 2.15. The number of nitrogens with zero attached hydrogens (tertiary/aromatic N) is 1. The maximum absolute atomic E-state index is 10.9. The lowest BCUT2D eigenvalue weighted by Crippen LogP contribution is -2.09. The van der Waals surface area contributed by atoms with Crippen LogP contribution in [0.2, 0.25) is 5.02 Å². The van der Waals surface area contributed by atoms with Gasteiger partial charge in [0.25, 0.3) is 0 Å². The summed E-state index contributed by atoms with van der Waals surface area (Å²) in [5.74, 6) is -0.949. The fourth-order valence-electron chi connectivity index (χ4n) is 1.54. The first-order valence-corrected chi connectivity index (χ1v) is 6.09. The van der Waals surface area contributed by atoms with E-state index in [0.717, 1.165) is 12.8 Å². The lowest BCUT2D eigenvalue weighted by Gasteiger charge is -2.08. The van der Waals surface area contributed by atoms with Crippen molar-refractivity contribution < 1.29 is 14.6 Å². The van der Waals surface area contributed by atoms with Crippen LogP contribution in [0.15, 0.2) is 12.3 Å². The Morgan fingerprint density at radius 2 is 2.24 bits per heavy atom. The van der Waals surface area contributed by atoms with Crippen LogP contribution < -0.4 is 0 Å². The summed E-state index contributed by atoms with van der Waals surface area (Å²) >= 11 is 5.78. The monoisotopic (exact) mass is 259 g/mol. The Balaban J connectivity index is 2.38. The Morgan fingerprint density at radius 1 is 1.53 bits per heavy atom. The summed E-state index contributed by atoms with van der Waals surface area (Å²) < 4.78 is 7.08. The fourth-order valence-corrected chi connectivity index (χ4v) is 1.76. The summed E-state index contributed by atoms with van der Waals surface area (Å²) in [5, 5.41) is 9.41. The van der Waals surface area contributed by atoms with Gasteiger partial charge in [-0.1, -0.05) is 11.6 Å². The number of aromatic carboxylic acids is 1. The van der Waals surface area contributed by atoms with Crippen LogP contribution in [-0.2, 0) is 11.3 Å². The smallest absolute Gasteiger partial charge is 0.352 e. The molecule has 4 nitrogen and oxygen atoms in total. The third-order valence-corrected chi connectivity index (χ3v) is 2.53. The number of halogens is 1. The number of rotatable bonds is 7. The molecule has 5 heteroatoms. The molecule has 17 heavy (non-hydrogen) atoms. The van der Waals surface area contributed by atoms with Gasteiger partial charge in [-0.2, -0.15) is 0 Å². The van der Waals surface area contributed by atoms with Crippen molar-refractivity contribution in [1.82, 2.24) is 4.57 Å². The third-order valence-electron chi connectivity index (χ3n) is 2.33. The number of aryl methyl sites for hydroxylation is 1. The third kappa shape index (κ3) is 4.79. The van der Waals surface area contributed by atoms with Gasteiger partial charge in [-0.25, -0.2) is 4.79 Å². The molecule has 0 amide bonds. The van der Waals surface area contributed by atoms with Crippen molar-refractivity contribution in [1.29, 1.82) is 0 Å². The molecule has 0 saturated carbocycles. The summed E-state index contributed by atoms with van der Waals surface area (Å²) in [6, 6.07) is 1.47. The minimum atomic E-state index is -0.949. The number of unbranched alkanes of at least 4 members (excludes halogenated alkanes) is 1. The Kier molecular flexibility index (Phi) is 5.51. The van der Waals surface area contributed by atoms with Crippen LogP contribution in [0, 0.1) is 0 Å². The zero-order chi connectivity index (χ0) is 12.8. The lowest BCUT2D eigenvalue weighted by molar-refractivity contribution is 0.0683. The number of carboxylic acid groups (broad SMARTS) is 1. The van der Waals surface area contributed by atoms with Gasteiger partial charge in [0, 0.05) is 19.3 Å². The number of ether oxygens (including phenoxy) is 1. The van der Waals surface area contributed by atoms with E-state index in [-0.39, 0.29) is 11.8 Å². The van der Waals surface area contributed by atoms with Gasteiger partial charge < -0.3 is 14.4 Å². The molecule has 0 saturated heterocycles. The van der Waals surface area contributed by atoms with E-state index in [9.17, 15) is 4.79 Å². The molecule has 1 heterocycles. The molecule has 0 spiro atoms. The summed E-state index contributed by atoms with van der Waals surface area (Å²) in [5.41, 5.74) is 0.236. The van der Waals surface area contributed by atoms with E-state index in [0.29, 0.717) is 18.2 Å². The van der Waals surface area contributed by atoms with Crippen LogP contribution in [-0.4, -0.2) is 28.4 Å². The van der Waals surface area contributed by atoms with Gasteiger partial charge in [-0.05, 0) is 32.8 Å². The molecule has 0 aliphatic carbocycles. The van der Waals surface area contributed by atoms with E-state index in [1.165, 1.54) is 6.07 Å². The predicted molar refractivity (Wildman–Crippen MR) is 66.7 cm³/mol. The highest BCUT2D eigenvalue weighted by Gasteiger charge is 2.10. The number of aromatic nitrogens is 1. The summed E-state index contributed by atoms with van der Waals surface area (Å²) in [6.07, 6.45) is 3.67. The van der Waals surface area contributed by atoms with Crippen molar-refractivity contribution in [2.24, 2.45) is 0 Å². The van der Waals surface area contributed by atoms with Gasteiger partial charge in [-0.15, -0.1) is 0 Å². The molecular weight excluding hydrogens is 242 g/mol. The highest BCUT2D eigenvalue weighted by atomic mass is 35.5. The van der Waals surface area contributed by atoms with Crippen LogP contribution in [0.5, 0.6) is 0 Å². The van der Waals surface area contributed by atoms with E-state index >= 15 is 0 Å². The van der Waals surface area contributed by atoms with Gasteiger partial charge in [-0.3, -0.25) is 0 Å². The van der Waals surface area contributed by atoms with Gasteiger partial charge >= 0.3 is 5.97 Å². The maximum Gasteiger partial charge on any atom is 0.352 e. The minimum absolute atomic E-state index is 0.236. The Morgan fingerprint density at radius 3 is 2.82 bits per heavy atom. The van der Waals surface area contributed by atoms with Gasteiger partial charge in [0.1, 0.15) is 5.69 Å². The maximum atomic E-state index is 10.9. The van der Waals surface area contributed by atoms with Crippen LogP contribution >= 0.6 is 11.6 Å². The van der Waals surface area contributed by atoms with E-state index in [2.05, 4.69) is 0 Å².